The molecule has 0 spiro atoms. The molecule has 0 saturated carbocycles. The van der Waals surface area contributed by atoms with Crippen molar-refractivity contribution in [2.24, 2.45) is 5.92 Å². The second-order valence-electron chi connectivity index (χ2n) is 6.58. The number of carbonyl (C=O) groups excluding carboxylic acids is 2. The molecule has 0 aliphatic carbocycles. The number of carbonyl (C=O) groups is 2. The Bertz CT molecular complexity index is 886. The zero-order valence-electron chi connectivity index (χ0n) is 16.3. The van der Waals surface area contributed by atoms with Gasteiger partial charge in [-0.2, -0.15) is 4.98 Å². The van der Waals surface area contributed by atoms with Crippen LogP contribution in [0.1, 0.15) is 6.42 Å². The van der Waals surface area contributed by atoms with E-state index in [-0.39, 0.29) is 24.2 Å². The maximum atomic E-state index is 12.8. The molecule has 1 aromatic heterocycles. The lowest BCUT2D eigenvalue weighted by Gasteiger charge is -2.19. The molecule has 28 heavy (non-hydrogen) atoms. The van der Waals surface area contributed by atoms with Crippen molar-refractivity contribution in [3.63, 3.8) is 0 Å². The monoisotopic (exact) mass is 385 g/mol. The zero-order valence-corrected chi connectivity index (χ0v) is 16.3. The first-order valence-corrected chi connectivity index (χ1v) is 8.76. The highest BCUT2D eigenvalue weighted by atomic mass is 16.5. The van der Waals surface area contributed by atoms with Crippen molar-refractivity contribution in [2.75, 3.05) is 50.0 Å². The fourth-order valence-electron chi connectivity index (χ4n) is 3.03. The van der Waals surface area contributed by atoms with Crippen LogP contribution < -0.4 is 24.6 Å². The summed E-state index contributed by atoms with van der Waals surface area (Å²) < 4.78 is 10.2. The lowest BCUT2D eigenvalue weighted by molar-refractivity contribution is -0.122. The van der Waals surface area contributed by atoms with Crippen LogP contribution in [0.5, 0.6) is 11.8 Å². The van der Waals surface area contributed by atoms with Gasteiger partial charge in [-0.25, -0.2) is 4.98 Å². The fraction of sp³-hybridized carbons (Fsp3) is 0.368. The number of nitrogens with one attached hydrogen (secondary N) is 1. The van der Waals surface area contributed by atoms with Gasteiger partial charge in [0.1, 0.15) is 11.4 Å². The van der Waals surface area contributed by atoms with Crippen LogP contribution in [-0.4, -0.2) is 56.6 Å². The van der Waals surface area contributed by atoms with Crippen LogP contribution in [0.2, 0.25) is 0 Å². The standard InChI is InChI=1S/C19H23N5O4/c1-23(2)17-15(10-20-19(22-17)28-4)21-18(26)12-8-16(25)24(11-12)13-6-5-7-14(9-13)27-3/h5-7,9-10,12H,8,11H2,1-4H3,(H,21,26). The second-order valence-corrected chi connectivity index (χ2v) is 6.58. The maximum absolute atomic E-state index is 12.8. The van der Waals surface area contributed by atoms with E-state index in [0.29, 0.717) is 29.5 Å². The summed E-state index contributed by atoms with van der Waals surface area (Å²) in [6.45, 7) is 0.298. The molecule has 9 heteroatoms. The van der Waals surface area contributed by atoms with Crippen LogP contribution in [0.15, 0.2) is 30.5 Å². The Labute approximate surface area is 163 Å². The highest BCUT2D eigenvalue weighted by molar-refractivity contribution is 6.04. The van der Waals surface area contributed by atoms with Gasteiger partial charge in [0, 0.05) is 38.8 Å². The summed E-state index contributed by atoms with van der Waals surface area (Å²) in [7, 11) is 6.66. The van der Waals surface area contributed by atoms with Crippen molar-refractivity contribution < 1.29 is 19.1 Å². The quantitative estimate of drug-likeness (QED) is 0.806. The molecule has 1 fully saturated rings. The Balaban J connectivity index is 1.75. The third kappa shape index (κ3) is 3.98. The molecule has 1 N–H and O–H groups in total. The number of amides is 2. The number of benzene rings is 1. The van der Waals surface area contributed by atoms with E-state index in [1.807, 2.05) is 12.1 Å². The topological polar surface area (TPSA) is 96.9 Å². The third-order valence-electron chi connectivity index (χ3n) is 4.47. The van der Waals surface area contributed by atoms with Gasteiger partial charge >= 0.3 is 6.01 Å². The van der Waals surface area contributed by atoms with Crippen LogP contribution in [0.3, 0.4) is 0 Å². The summed E-state index contributed by atoms with van der Waals surface area (Å²) in [6.07, 6.45) is 1.63. The molecule has 2 heterocycles. The van der Waals surface area contributed by atoms with Gasteiger partial charge in [0.05, 0.1) is 26.3 Å². The van der Waals surface area contributed by atoms with Crippen molar-refractivity contribution in [2.45, 2.75) is 6.42 Å². The molecule has 0 bridgehead atoms. The van der Waals surface area contributed by atoms with E-state index in [0.717, 1.165) is 0 Å². The Morgan fingerprint density at radius 1 is 1.29 bits per heavy atom. The first-order valence-electron chi connectivity index (χ1n) is 8.76. The van der Waals surface area contributed by atoms with E-state index in [1.54, 1.807) is 43.1 Å². The van der Waals surface area contributed by atoms with Gasteiger partial charge in [-0.1, -0.05) is 6.07 Å². The minimum Gasteiger partial charge on any atom is -0.497 e. The summed E-state index contributed by atoms with van der Waals surface area (Å²) in [6, 6.07) is 7.43. The lowest BCUT2D eigenvalue weighted by Crippen LogP contribution is -2.28. The molecule has 9 nitrogen and oxygen atoms in total. The van der Waals surface area contributed by atoms with E-state index < -0.39 is 5.92 Å². The molecule has 1 aliphatic rings. The van der Waals surface area contributed by atoms with Crippen LogP contribution in [0.25, 0.3) is 0 Å². The Hall–Kier alpha value is -3.36. The van der Waals surface area contributed by atoms with Crippen LogP contribution in [0.4, 0.5) is 17.2 Å². The fourth-order valence-corrected chi connectivity index (χ4v) is 3.03. The van der Waals surface area contributed by atoms with Gasteiger partial charge in [-0.15, -0.1) is 0 Å². The van der Waals surface area contributed by atoms with Gasteiger partial charge < -0.3 is 24.6 Å². The molecule has 1 unspecified atom stereocenters. The summed E-state index contributed by atoms with van der Waals surface area (Å²) in [5.41, 5.74) is 1.17. The number of anilines is 3. The highest BCUT2D eigenvalue weighted by Crippen LogP contribution is 2.29. The van der Waals surface area contributed by atoms with Crippen molar-refractivity contribution >= 4 is 29.0 Å². The van der Waals surface area contributed by atoms with Crippen molar-refractivity contribution in [3.05, 3.63) is 30.5 Å². The molecular formula is C19H23N5O4. The van der Waals surface area contributed by atoms with Crippen molar-refractivity contribution in [1.29, 1.82) is 0 Å². The number of aromatic nitrogens is 2. The van der Waals surface area contributed by atoms with E-state index in [9.17, 15) is 9.59 Å². The maximum Gasteiger partial charge on any atom is 0.318 e. The Morgan fingerprint density at radius 2 is 2.07 bits per heavy atom. The Kier molecular flexibility index (Phi) is 5.62. The van der Waals surface area contributed by atoms with Gasteiger partial charge in [0.2, 0.25) is 11.8 Å². The summed E-state index contributed by atoms with van der Waals surface area (Å²) in [4.78, 5) is 36.9. The van der Waals surface area contributed by atoms with Crippen molar-refractivity contribution in [3.8, 4) is 11.8 Å². The van der Waals surface area contributed by atoms with Gasteiger partial charge in [-0.05, 0) is 12.1 Å². The smallest absolute Gasteiger partial charge is 0.318 e. The molecule has 148 valence electrons. The zero-order chi connectivity index (χ0) is 20.3. The molecular weight excluding hydrogens is 362 g/mol. The Morgan fingerprint density at radius 3 is 2.75 bits per heavy atom. The number of rotatable bonds is 6. The number of methoxy groups -OCH3 is 2. The molecule has 2 aromatic rings. The van der Waals surface area contributed by atoms with E-state index in [2.05, 4.69) is 15.3 Å². The van der Waals surface area contributed by atoms with Crippen LogP contribution in [-0.2, 0) is 9.59 Å². The summed E-state index contributed by atoms with van der Waals surface area (Å²) in [5, 5.41) is 2.84. The normalized spacial score (nSPS) is 16.1. The third-order valence-corrected chi connectivity index (χ3v) is 4.47. The molecule has 1 aromatic carbocycles. The van der Waals surface area contributed by atoms with Gasteiger partial charge in [0.25, 0.3) is 0 Å². The molecule has 1 saturated heterocycles. The SMILES string of the molecule is COc1cccc(N2CC(C(=O)Nc3cnc(OC)nc3N(C)C)CC2=O)c1. The molecule has 1 aliphatic heterocycles. The largest absolute Gasteiger partial charge is 0.497 e. The number of nitrogens with zero attached hydrogens (tertiary/aromatic N) is 4. The van der Waals surface area contributed by atoms with Crippen molar-refractivity contribution in [1.82, 2.24) is 9.97 Å². The second kappa shape index (κ2) is 8.12. The minimum atomic E-state index is -0.476. The van der Waals surface area contributed by atoms with E-state index in [1.165, 1.54) is 13.3 Å². The average Bonchev–Trinajstić information content (AvgIpc) is 3.10. The number of hydrogen-bond donors (Lipinski definition) is 1. The molecule has 3 rings (SSSR count). The van der Waals surface area contributed by atoms with Gasteiger partial charge in [-0.3, -0.25) is 9.59 Å². The number of hydrogen-bond acceptors (Lipinski definition) is 7. The van der Waals surface area contributed by atoms with Gasteiger partial charge in [0.15, 0.2) is 5.82 Å². The van der Waals surface area contributed by atoms with E-state index in [4.69, 9.17) is 9.47 Å². The molecule has 1 atom stereocenters. The van der Waals surface area contributed by atoms with Crippen LogP contribution in [0, 0.1) is 5.92 Å². The predicted molar refractivity (Wildman–Crippen MR) is 105 cm³/mol. The van der Waals surface area contributed by atoms with E-state index >= 15 is 0 Å². The first-order chi connectivity index (χ1) is 13.4. The summed E-state index contributed by atoms with van der Waals surface area (Å²) in [5.74, 6) is 0.344. The average molecular weight is 385 g/mol. The minimum absolute atomic E-state index is 0.104. The molecule has 0 radical (unpaired) electrons. The lowest BCUT2D eigenvalue weighted by atomic mass is 10.1. The van der Waals surface area contributed by atoms with Crippen LogP contribution >= 0.6 is 0 Å². The predicted octanol–water partition coefficient (Wildman–Crippen LogP) is 1.55. The first kappa shape index (κ1) is 19.4. The summed E-state index contributed by atoms with van der Waals surface area (Å²) >= 11 is 0. The molecule has 2 amide bonds. The highest BCUT2D eigenvalue weighted by Gasteiger charge is 2.35. The number of ether oxygens (including phenoxy) is 2.